The fraction of sp³-hybridized carbons (Fsp3) is 0.909. The summed E-state index contributed by atoms with van der Waals surface area (Å²) in [6.45, 7) is 5.80. The minimum absolute atomic E-state index is 0.0518. The van der Waals surface area contributed by atoms with Crippen LogP contribution in [0.1, 0.15) is 46.5 Å². The Morgan fingerprint density at radius 3 is 2.47 bits per heavy atom. The Bertz CT molecular complexity index is 204. The van der Waals surface area contributed by atoms with Gasteiger partial charge in [-0.15, -0.1) is 0 Å². The van der Waals surface area contributed by atoms with Gasteiger partial charge in [0.25, 0.3) is 5.91 Å². The van der Waals surface area contributed by atoms with E-state index in [1.54, 1.807) is 0 Å². The Labute approximate surface area is 91.3 Å². The van der Waals surface area contributed by atoms with Gasteiger partial charge in [-0.25, -0.2) is 5.48 Å². The number of carbonyl (C=O) groups excluding carboxylic acids is 1. The molecule has 1 fully saturated rings. The normalized spacial score (nSPS) is 18.1. The van der Waals surface area contributed by atoms with Crippen LogP contribution < -0.4 is 5.48 Å². The molecule has 0 bridgehead atoms. The van der Waals surface area contributed by atoms with Gasteiger partial charge in [0.15, 0.2) is 0 Å². The number of ether oxygens (including phenoxy) is 1. The summed E-state index contributed by atoms with van der Waals surface area (Å²) in [6.07, 6.45) is 4.67. The molecule has 15 heavy (non-hydrogen) atoms. The minimum Gasteiger partial charge on any atom is -0.366 e. The molecule has 1 rings (SSSR count). The first-order valence-electron chi connectivity index (χ1n) is 5.56. The maximum atomic E-state index is 11.3. The third-order valence-corrected chi connectivity index (χ3v) is 2.28. The van der Waals surface area contributed by atoms with Crippen molar-refractivity contribution in [2.75, 3.05) is 6.61 Å². The van der Waals surface area contributed by atoms with Crippen molar-refractivity contribution in [3.05, 3.63) is 0 Å². The van der Waals surface area contributed by atoms with E-state index in [9.17, 15) is 4.79 Å². The van der Waals surface area contributed by atoms with Crippen LogP contribution in [0, 0.1) is 0 Å². The molecular weight excluding hydrogens is 194 g/mol. The van der Waals surface area contributed by atoms with Crippen molar-refractivity contribution in [2.24, 2.45) is 0 Å². The maximum Gasteiger partial charge on any atom is 0.269 e. The van der Waals surface area contributed by atoms with Crippen LogP contribution in [0.2, 0.25) is 0 Å². The van der Waals surface area contributed by atoms with E-state index in [0.29, 0.717) is 0 Å². The summed E-state index contributed by atoms with van der Waals surface area (Å²) < 4.78 is 5.31. The molecule has 1 aliphatic rings. The lowest BCUT2D eigenvalue weighted by molar-refractivity contribution is -0.147. The fourth-order valence-corrected chi connectivity index (χ4v) is 1.47. The van der Waals surface area contributed by atoms with Crippen LogP contribution in [0.3, 0.4) is 0 Å². The van der Waals surface area contributed by atoms with Crippen molar-refractivity contribution in [3.63, 3.8) is 0 Å². The van der Waals surface area contributed by atoms with Gasteiger partial charge in [0.05, 0.1) is 11.7 Å². The van der Waals surface area contributed by atoms with Crippen molar-refractivity contribution in [1.82, 2.24) is 5.48 Å². The lowest BCUT2D eigenvalue weighted by atomic mass is 10.2. The Kier molecular flexibility index (Phi) is 4.54. The van der Waals surface area contributed by atoms with Gasteiger partial charge in [-0.05, 0) is 33.6 Å². The van der Waals surface area contributed by atoms with E-state index in [2.05, 4.69) is 5.48 Å². The lowest BCUT2D eigenvalue weighted by Crippen LogP contribution is -2.34. The van der Waals surface area contributed by atoms with Gasteiger partial charge in [0.2, 0.25) is 0 Å². The molecule has 4 heteroatoms. The summed E-state index contributed by atoms with van der Waals surface area (Å²) >= 11 is 0. The van der Waals surface area contributed by atoms with E-state index in [0.717, 1.165) is 12.8 Å². The molecule has 0 heterocycles. The molecule has 4 nitrogen and oxygen atoms in total. The van der Waals surface area contributed by atoms with Crippen LogP contribution in [0.4, 0.5) is 0 Å². The Morgan fingerprint density at radius 1 is 1.33 bits per heavy atom. The highest BCUT2D eigenvalue weighted by atomic mass is 16.7. The molecule has 1 amide bonds. The average Bonchev–Trinajstić information content (AvgIpc) is 2.62. The second-order valence-corrected chi connectivity index (χ2v) is 4.95. The summed E-state index contributed by atoms with van der Waals surface area (Å²) in [5.41, 5.74) is 2.15. The average molecular weight is 215 g/mol. The number of nitrogens with one attached hydrogen (secondary N) is 1. The van der Waals surface area contributed by atoms with Gasteiger partial charge >= 0.3 is 0 Å². The van der Waals surface area contributed by atoms with E-state index in [1.165, 1.54) is 12.8 Å². The standard InChI is InChI=1S/C11H21NO3/c1-11(2,3)14-8-10(13)12-15-9-6-4-5-7-9/h9H,4-8H2,1-3H3,(H,12,13). The molecule has 1 saturated carbocycles. The predicted molar refractivity (Wildman–Crippen MR) is 57.2 cm³/mol. The molecule has 0 atom stereocenters. The number of carbonyl (C=O) groups is 1. The molecule has 0 aromatic carbocycles. The highest BCUT2D eigenvalue weighted by Gasteiger charge is 2.18. The molecule has 88 valence electrons. The van der Waals surface area contributed by atoms with Crippen LogP contribution in [-0.4, -0.2) is 24.2 Å². The summed E-state index contributed by atoms with van der Waals surface area (Å²) in [7, 11) is 0. The van der Waals surface area contributed by atoms with Crippen molar-refractivity contribution in [1.29, 1.82) is 0 Å². The molecular formula is C11H21NO3. The molecule has 0 aromatic rings. The van der Waals surface area contributed by atoms with Gasteiger partial charge in [0, 0.05) is 0 Å². The molecule has 1 N–H and O–H groups in total. The summed E-state index contributed by atoms with van der Waals surface area (Å²) in [5.74, 6) is -0.211. The van der Waals surface area contributed by atoms with Gasteiger partial charge in [0.1, 0.15) is 6.61 Å². The van der Waals surface area contributed by atoms with E-state index >= 15 is 0 Å². The number of amides is 1. The summed E-state index contributed by atoms with van der Waals surface area (Å²) in [5, 5.41) is 0. The first-order valence-corrected chi connectivity index (χ1v) is 5.56. The zero-order chi connectivity index (χ0) is 11.3. The van der Waals surface area contributed by atoms with Crippen LogP contribution in [0.25, 0.3) is 0 Å². The van der Waals surface area contributed by atoms with E-state index in [4.69, 9.17) is 9.57 Å². The van der Waals surface area contributed by atoms with Gasteiger partial charge in [-0.3, -0.25) is 9.63 Å². The topological polar surface area (TPSA) is 47.6 Å². The number of hydrogen-bond acceptors (Lipinski definition) is 3. The van der Waals surface area contributed by atoms with Crippen molar-refractivity contribution in [2.45, 2.75) is 58.2 Å². The van der Waals surface area contributed by atoms with E-state index in [1.807, 2.05) is 20.8 Å². The van der Waals surface area contributed by atoms with Crippen LogP contribution in [0.5, 0.6) is 0 Å². The fourth-order valence-electron chi connectivity index (χ4n) is 1.47. The zero-order valence-corrected chi connectivity index (χ0v) is 9.84. The summed E-state index contributed by atoms with van der Waals surface area (Å²) in [6, 6.07) is 0. The summed E-state index contributed by atoms with van der Waals surface area (Å²) in [4.78, 5) is 16.5. The van der Waals surface area contributed by atoms with Crippen LogP contribution in [-0.2, 0) is 14.4 Å². The smallest absolute Gasteiger partial charge is 0.269 e. The molecule has 1 aliphatic carbocycles. The van der Waals surface area contributed by atoms with E-state index in [-0.39, 0.29) is 24.2 Å². The first kappa shape index (κ1) is 12.5. The number of hydrogen-bond donors (Lipinski definition) is 1. The molecule has 0 aliphatic heterocycles. The molecule has 0 aromatic heterocycles. The van der Waals surface area contributed by atoms with Crippen molar-refractivity contribution < 1.29 is 14.4 Å². The molecule has 0 saturated heterocycles. The third kappa shape index (κ3) is 5.74. The SMILES string of the molecule is CC(C)(C)OCC(=O)NOC1CCCC1. The molecule has 0 spiro atoms. The quantitative estimate of drug-likeness (QED) is 0.727. The Balaban J connectivity index is 2.08. The van der Waals surface area contributed by atoms with E-state index < -0.39 is 0 Å². The molecule has 0 radical (unpaired) electrons. The highest BCUT2D eigenvalue weighted by molar-refractivity contribution is 5.76. The predicted octanol–water partition coefficient (Wildman–Crippen LogP) is 1.79. The van der Waals surface area contributed by atoms with Gasteiger partial charge in [-0.1, -0.05) is 12.8 Å². The largest absolute Gasteiger partial charge is 0.366 e. The Morgan fingerprint density at radius 2 is 1.93 bits per heavy atom. The molecule has 0 unspecified atom stereocenters. The lowest BCUT2D eigenvalue weighted by Gasteiger charge is -2.19. The van der Waals surface area contributed by atoms with Crippen LogP contribution >= 0.6 is 0 Å². The second-order valence-electron chi connectivity index (χ2n) is 4.95. The zero-order valence-electron chi connectivity index (χ0n) is 9.84. The van der Waals surface area contributed by atoms with Gasteiger partial charge < -0.3 is 4.74 Å². The number of hydroxylamine groups is 1. The van der Waals surface area contributed by atoms with Gasteiger partial charge in [-0.2, -0.15) is 0 Å². The Hall–Kier alpha value is -0.610. The first-order chi connectivity index (χ1) is 6.97. The maximum absolute atomic E-state index is 11.3. The van der Waals surface area contributed by atoms with Crippen LogP contribution in [0.15, 0.2) is 0 Å². The second kappa shape index (κ2) is 5.47. The monoisotopic (exact) mass is 215 g/mol. The third-order valence-electron chi connectivity index (χ3n) is 2.28. The number of rotatable bonds is 4. The van der Waals surface area contributed by atoms with Crippen molar-refractivity contribution >= 4 is 5.91 Å². The minimum atomic E-state index is -0.287. The van der Waals surface area contributed by atoms with Crippen molar-refractivity contribution in [3.8, 4) is 0 Å². The highest BCUT2D eigenvalue weighted by Crippen LogP contribution is 2.19.